The van der Waals surface area contributed by atoms with Crippen LogP contribution >= 0.6 is 0 Å². The van der Waals surface area contributed by atoms with Crippen LogP contribution in [0.3, 0.4) is 0 Å². The van der Waals surface area contributed by atoms with Crippen molar-refractivity contribution in [1.82, 2.24) is 5.32 Å². The van der Waals surface area contributed by atoms with Crippen LogP contribution in [0.25, 0.3) is 0 Å². The van der Waals surface area contributed by atoms with Crippen LogP contribution in [0.4, 0.5) is 9.18 Å². The van der Waals surface area contributed by atoms with E-state index >= 15 is 0 Å². The van der Waals surface area contributed by atoms with E-state index in [2.05, 4.69) is 5.32 Å². The fourth-order valence-electron chi connectivity index (χ4n) is 2.15. The highest BCUT2D eigenvalue weighted by molar-refractivity contribution is 5.83. The largest absolute Gasteiger partial charge is 0.490 e. The van der Waals surface area contributed by atoms with Gasteiger partial charge in [-0.2, -0.15) is 0 Å². The van der Waals surface area contributed by atoms with Crippen molar-refractivity contribution < 1.29 is 23.5 Å². The number of urea groups is 1. The van der Waals surface area contributed by atoms with E-state index < -0.39 is 18.0 Å². The molecule has 2 amide bonds. The van der Waals surface area contributed by atoms with E-state index in [1.807, 2.05) is 30.3 Å². The van der Waals surface area contributed by atoms with E-state index in [-0.39, 0.29) is 25.5 Å². The third kappa shape index (κ3) is 6.50. The monoisotopic (exact) mass is 346 g/mol. The molecule has 2 rings (SSSR count). The Balaban J connectivity index is 1.82. The number of nitrogens with one attached hydrogen (secondary N) is 1. The number of carbonyl (C=O) groups excluding carboxylic acids is 2. The Morgan fingerprint density at radius 1 is 1.04 bits per heavy atom. The minimum atomic E-state index is -0.884. The summed E-state index contributed by atoms with van der Waals surface area (Å²) in [6.45, 7) is 0.0912. The predicted molar refractivity (Wildman–Crippen MR) is 89.5 cm³/mol. The Morgan fingerprint density at radius 3 is 2.36 bits per heavy atom. The molecule has 0 spiro atoms. The van der Waals surface area contributed by atoms with Crippen molar-refractivity contribution in [3.05, 3.63) is 66.0 Å². The summed E-state index contributed by atoms with van der Waals surface area (Å²) in [7, 11) is 0. The number of hydrogen-bond acceptors (Lipinski definition) is 4. The summed E-state index contributed by atoms with van der Waals surface area (Å²) in [6, 6.07) is 13.0. The maximum absolute atomic E-state index is 12.8. The quantitative estimate of drug-likeness (QED) is 0.565. The summed E-state index contributed by atoms with van der Waals surface area (Å²) < 4.78 is 23.2. The van der Waals surface area contributed by atoms with E-state index in [1.54, 1.807) is 0 Å². The first-order chi connectivity index (χ1) is 12.0. The summed E-state index contributed by atoms with van der Waals surface area (Å²) >= 11 is 0. The molecule has 0 saturated heterocycles. The molecule has 6 nitrogen and oxygen atoms in total. The van der Waals surface area contributed by atoms with Crippen LogP contribution in [0.5, 0.6) is 5.75 Å². The molecule has 25 heavy (non-hydrogen) atoms. The van der Waals surface area contributed by atoms with Crippen molar-refractivity contribution >= 4 is 12.0 Å². The van der Waals surface area contributed by atoms with Gasteiger partial charge < -0.3 is 20.5 Å². The van der Waals surface area contributed by atoms with Crippen LogP contribution < -0.4 is 15.8 Å². The van der Waals surface area contributed by atoms with E-state index in [0.717, 1.165) is 5.56 Å². The van der Waals surface area contributed by atoms with Gasteiger partial charge in [-0.05, 0) is 29.8 Å². The predicted octanol–water partition coefficient (Wildman–Crippen LogP) is 2.03. The average molecular weight is 346 g/mol. The van der Waals surface area contributed by atoms with Crippen molar-refractivity contribution in [3.8, 4) is 5.75 Å². The normalized spacial score (nSPS) is 11.4. The second-order valence-electron chi connectivity index (χ2n) is 5.22. The van der Waals surface area contributed by atoms with Gasteiger partial charge in [0.2, 0.25) is 0 Å². The Hall–Kier alpha value is -3.09. The molecule has 0 bridgehead atoms. The van der Waals surface area contributed by atoms with Crippen molar-refractivity contribution in [2.45, 2.75) is 12.5 Å². The third-order valence-corrected chi connectivity index (χ3v) is 3.29. The van der Waals surface area contributed by atoms with Crippen LogP contribution in [0.2, 0.25) is 0 Å². The molecule has 0 aliphatic carbocycles. The number of hydrogen-bond donors (Lipinski definition) is 2. The van der Waals surface area contributed by atoms with E-state index in [1.165, 1.54) is 24.3 Å². The van der Waals surface area contributed by atoms with Gasteiger partial charge >= 0.3 is 12.0 Å². The van der Waals surface area contributed by atoms with Gasteiger partial charge in [0.15, 0.2) is 0 Å². The topological polar surface area (TPSA) is 90.7 Å². The molecular weight excluding hydrogens is 327 g/mol. The van der Waals surface area contributed by atoms with Crippen molar-refractivity contribution in [1.29, 1.82) is 0 Å². The number of esters is 1. The van der Waals surface area contributed by atoms with Gasteiger partial charge in [0.05, 0.1) is 0 Å². The molecule has 0 aliphatic rings. The van der Waals surface area contributed by atoms with Crippen molar-refractivity contribution in [2.24, 2.45) is 5.73 Å². The highest BCUT2D eigenvalue weighted by atomic mass is 19.1. The standard InChI is InChI=1S/C18H19FN2O4/c19-14-6-8-15(9-7-14)24-10-11-25-17(22)16(21-18(20)23)12-13-4-2-1-3-5-13/h1-9,16H,10-12H2,(H3,20,21,23)/t16-/m1/s1. The SMILES string of the molecule is NC(=O)N[C@H](Cc1ccccc1)C(=O)OCCOc1ccc(F)cc1. The van der Waals surface area contributed by atoms with Crippen LogP contribution in [0, 0.1) is 5.82 Å². The highest BCUT2D eigenvalue weighted by Gasteiger charge is 2.21. The lowest BCUT2D eigenvalue weighted by molar-refractivity contribution is -0.146. The summed E-state index contributed by atoms with van der Waals surface area (Å²) in [5.74, 6) is -0.501. The van der Waals surface area contributed by atoms with Gasteiger partial charge in [0.25, 0.3) is 0 Å². The number of ether oxygens (including phenoxy) is 2. The number of carbonyl (C=O) groups is 2. The first-order valence-electron chi connectivity index (χ1n) is 7.69. The van der Waals surface area contributed by atoms with E-state index in [9.17, 15) is 14.0 Å². The van der Waals surface area contributed by atoms with Gasteiger partial charge in [-0.3, -0.25) is 0 Å². The number of nitrogens with two attached hydrogens (primary N) is 1. The van der Waals surface area contributed by atoms with Gasteiger partial charge in [-0.1, -0.05) is 30.3 Å². The van der Waals surface area contributed by atoms with Gasteiger partial charge in [-0.15, -0.1) is 0 Å². The summed E-state index contributed by atoms with van der Waals surface area (Å²) in [4.78, 5) is 23.2. The molecule has 0 fully saturated rings. The minimum absolute atomic E-state index is 0.0120. The fraction of sp³-hybridized carbons (Fsp3) is 0.222. The zero-order valence-electron chi connectivity index (χ0n) is 13.5. The maximum Gasteiger partial charge on any atom is 0.329 e. The molecular formula is C18H19FN2O4. The second kappa shape index (κ2) is 9.27. The van der Waals surface area contributed by atoms with Crippen LogP contribution in [0.15, 0.2) is 54.6 Å². The smallest absolute Gasteiger partial charge is 0.329 e. The molecule has 7 heteroatoms. The van der Waals surface area contributed by atoms with E-state index in [0.29, 0.717) is 5.75 Å². The van der Waals surface area contributed by atoms with Gasteiger partial charge in [0.1, 0.15) is 30.8 Å². The van der Waals surface area contributed by atoms with Gasteiger partial charge in [-0.25, -0.2) is 14.0 Å². The van der Waals surface area contributed by atoms with Crippen molar-refractivity contribution in [2.75, 3.05) is 13.2 Å². The molecule has 2 aromatic carbocycles. The zero-order valence-corrected chi connectivity index (χ0v) is 13.5. The van der Waals surface area contributed by atoms with Crippen LogP contribution in [0.1, 0.15) is 5.56 Å². The Morgan fingerprint density at radius 2 is 1.72 bits per heavy atom. The lowest BCUT2D eigenvalue weighted by Crippen LogP contribution is -2.46. The molecule has 1 atom stereocenters. The second-order valence-corrected chi connectivity index (χ2v) is 5.22. The summed E-state index contributed by atoms with van der Waals surface area (Å²) in [6.07, 6.45) is 0.265. The Labute approximate surface area is 144 Å². The molecule has 0 aromatic heterocycles. The Kier molecular flexibility index (Phi) is 6.76. The van der Waals surface area contributed by atoms with Crippen LogP contribution in [-0.2, 0) is 16.0 Å². The molecule has 0 radical (unpaired) electrons. The molecule has 0 heterocycles. The number of amides is 2. The number of primary amides is 1. The first-order valence-corrected chi connectivity index (χ1v) is 7.69. The average Bonchev–Trinajstić information content (AvgIpc) is 2.60. The fourth-order valence-corrected chi connectivity index (χ4v) is 2.15. The number of rotatable bonds is 8. The zero-order chi connectivity index (χ0) is 18.1. The highest BCUT2D eigenvalue weighted by Crippen LogP contribution is 2.11. The molecule has 0 unspecified atom stereocenters. The third-order valence-electron chi connectivity index (χ3n) is 3.29. The number of benzene rings is 2. The molecule has 2 aromatic rings. The van der Waals surface area contributed by atoms with E-state index in [4.69, 9.17) is 15.2 Å². The maximum atomic E-state index is 12.8. The summed E-state index contributed by atoms with van der Waals surface area (Å²) in [5, 5.41) is 2.37. The lowest BCUT2D eigenvalue weighted by Gasteiger charge is -2.16. The molecule has 0 aliphatic heterocycles. The van der Waals surface area contributed by atoms with Crippen LogP contribution in [-0.4, -0.2) is 31.3 Å². The summed E-state index contributed by atoms with van der Waals surface area (Å²) in [5.41, 5.74) is 5.98. The number of halogens is 1. The molecule has 132 valence electrons. The molecule has 0 saturated carbocycles. The Bertz CT molecular complexity index is 692. The molecule has 3 N–H and O–H groups in total. The lowest BCUT2D eigenvalue weighted by atomic mass is 10.1. The minimum Gasteiger partial charge on any atom is -0.490 e. The van der Waals surface area contributed by atoms with Crippen molar-refractivity contribution in [3.63, 3.8) is 0 Å². The first kappa shape index (κ1) is 18.3. The van der Waals surface area contributed by atoms with Gasteiger partial charge in [0, 0.05) is 6.42 Å².